The second-order valence-corrected chi connectivity index (χ2v) is 9.16. The summed E-state index contributed by atoms with van der Waals surface area (Å²) in [7, 11) is 0. The normalized spacial score (nSPS) is 56.3. The van der Waals surface area contributed by atoms with E-state index in [2.05, 4.69) is 19.0 Å². The zero-order valence-electron chi connectivity index (χ0n) is 14.1. The molecule has 7 atom stereocenters. The highest BCUT2D eigenvalue weighted by atomic mass is 16.4. The molecule has 4 aliphatic carbocycles. The van der Waals surface area contributed by atoms with Crippen molar-refractivity contribution >= 4 is 5.71 Å². The standard InChI is InChI=1S/C19H31NO2/c1-18-9-7-13(20-22)11-12(18)3-4-14-15-5-6-17(21)19(15,2)10-8-16(14)18/h12,14-17,21-22H,3-11H2,1-2H3/t12?,14-,15-,16-,17-,18-,19-/m0/s1. The van der Waals surface area contributed by atoms with Crippen molar-refractivity contribution in [2.24, 2.45) is 39.7 Å². The third-order valence-electron chi connectivity index (χ3n) is 8.59. The van der Waals surface area contributed by atoms with Crippen molar-refractivity contribution in [1.82, 2.24) is 0 Å². The molecule has 124 valence electrons. The number of rotatable bonds is 0. The third-order valence-corrected chi connectivity index (χ3v) is 8.59. The fourth-order valence-corrected chi connectivity index (χ4v) is 7.12. The van der Waals surface area contributed by atoms with E-state index in [1.165, 1.54) is 38.5 Å². The van der Waals surface area contributed by atoms with Gasteiger partial charge in [0.05, 0.1) is 11.8 Å². The van der Waals surface area contributed by atoms with E-state index in [0.717, 1.165) is 42.7 Å². The molecule has 3 heteroatoms. The highest BCUT2D eigenvalue weighted by molar-refractivity contribution is 5.85. The van der Waals surface area contributed by atoms with Crippen molar-refractivity contribution in [1.29, 1.82) is 0 Å². The van der Waals surface area contributed by atoms with Gasteiger partial charge in [0.25, 0.3) is 0 Å². The molecule has 22 heavy (non-hydrogen) atoms. The van der Waals surface area contributed by atoms with Crippen molar-refractivity contribution in [2.45, 2.75) is 77.7 Å². The summed E-state index contributed by atoms with van der Waals surface area (Å²) < 4.78 is 0. The van der Waals surface area contributed by atoms with Crippen LogP contribution in [-0.4, -0.2) is 22.1 Å². The maximum atomic E-state index is 10.5. The second-order valence-electron chi connectivity index (χ2n) is 9.16. The van der Waals surface area contributed by atoms with Crippen LogP contribution in [0.4, 0.5) is 0 Å². The van der Waals surface area contributed by atoms with Crippen molar-refractivity contribution in [2.75, 3.05) is 0 Å². The summed E-state index contributed by atoms with van der Waals surface area (Å²) in [5.74, 6) is 3.11. The zero-order chi connectivity index (χ0) is 15.5. The van der Waals surface area contributed by atoms with Gasteiger partial charge < -0.3 is 10.3 Å². The minimum Gasteiger partial charge on any atom is -0.411 e. The van der Waals surface area contributed by atoms with E-state index in [4.69, 9.17) is 5.21 Å². The van der Waals surface area contributed by atoms with E-state index in [1.807, 2.05) is 0 Å². The van der Waals surface area contributed by atoms with Crippen LogP contribution >= 0.6 is 0 Å². The number of hydrogen-bond acceptors (Lipinski definition) is 3. The maximum Gasteiger partial charge on any atom is 0.0596 e. The maximum absolute atomic E-state index is 10.5. The van der Waals surface area contributed by atoms with Crippen molar-refractivity contribution < 1.29 is 10.3 Å². The van der Waals surface area contributed by atoms with Crippen LogP contribution in [0.3, 0.4) is 0 Å². The van der Waals surface area contributed by atoms with Gasteiger partial charge >= 0.3 is 0 Å². The van der Waals surface area contributed by atoms with E-state index >= 15 is 0 Å². The number of fused-ring (bicyclic) bond motifs is 5. The summed E-state index contributed by atoms with van der Waals surface area (Å²) in [6.45, 7) is 4.88. The van der Waals surface area contributed by atoms with Gasteiger partial charge in [-0.1, -0.05) is 19.0 Å². The number of aliphatic hydroxyl groups is 1. The SMILES string of the molecule is C[C@]12CC[C@H]3[C@@H](CCC4CC(=NO)CC[C@@]43C)[C@@H]1CC[C@@H]2O. The van der Waals surface area contributed by atoms with Gasteiger partial charge in [-0.3, -0.25) is 0 Å². The van der Waals surface area contributed by atoms with Crippen molar-refractivity contribution in [3.8, 4) is 0 Å². The molecule has 3 nitrogen and oxygen atoms in total. The highest BCUT2D eigenvalue weighted by Gasteiger charge is 2.59. The first-order chi connectivity index (χ1) is 10.5. The first kappa shape index (κ1) is 15.0. The van der Waals surface area contributed by atoms with Crippen LogP contribution < -0.4 is 0 Å². The minimum atomic E-state index is -0.0662. The molecule has 0 spiro atoms. The summed E-state index contributed by atoms with van der Waals surface area (Å²) in [5.41, 5.74) is 1.65. The molecule has 4 fully saturated rings. The van der Waals surface area contributed by atoms with Crippen LogP contribution in [0, 0.1) is 34.5 Å². The molecule has 2 N–H and O–H groups in total. The van der Waals surface area contributed by atoms with Crippen LogP contribution in [0.15, 0.2) is 5.16 Å². The molecule has 0 amide bonds. The Morgan fingerprint density at radius 1 is 0.955 bits per heavy atom. The Morgan fingerprint density at radius 2 is 1.73 bits per heavy atom. The fourth-order valence-electron chi connectivity index (χ4n) is 7.12. The smallest absolute Gasteiger partial charge is 0.0596 e. The average molecular weight is 305 g/mol. The predicted octanol–water partition coefficient (Wildman–Crippen LogP) is 4.22. The molecular weight excluding hydrogens is 274 g/mol. The van der Waals surface area contributed by atoms with E-state index in [0.29, 0.717) is 11.3 Å². The summed E-state index contributed by atoms with van der Waals surface area (Å²) in [4.78, 5) is 0. The fraction of sp³-hybridized carbons (Fsp3) is 0.947. The molecule has 4 rings (SSSR count). The third kappa shape index (κ3) is 1.87. The Kier molecular flexibility index (Phi) is 3.38. The Bertz CT molecular complexity index is 490. The van der Waals surface area contributed by atoms with E-state index < -0.39 is 0 Å². The molecule has 0 saturated heterocycles. The number of hydrogen-bond donors (Lipinski definition) is 2. The molecule has 0 bridgehead atoms. The largest absolute Gasteiger partial charge is 0.411 e. The lowest BCUT2D eigenvalue weighted by molar-refractivity contribution is -0.112. The predicted molar refractivity (Wildman–Crippen MR) is 87.0 cm³/mol. The lowest BCUT2D eigenvalue weighted by Crippen LogP contribution is -2.54. The summed E-state index contributed by atoms with van der Waals surface area (Å²) in [6.07, 6.45) is 10.5. The molecule has 0 aromatic rings. The van der Waals surface area contributed by atoms with Crippen molar-refractivity contribution in [3.05, 3.63) is 0 Å². The van der Waals surface area contributed by atoms with Gasteiger partial charge in [0.15, 0.2) is 0 Å². The molecule has 4 saturated carbocycles. The lowest BCUT2D eigenvalue weighted by Gasteiger charge is -2.60. The summed E-state index contributed by atoms with van der Waals surface area (Å²) in [5, 5.41) is 23.2. The van der Waals surface area contributed by atoms with E-state index in [9.17, 15) is 5.11 Å². The Morgan fingerprint density at radius 3 is 2.50 bits per heavy atom. The molecule has 0 heterocycles. The van der Waals surface area contributed by atoms with Gasteiger partial charge in [0.2, 0.25) is 0 Å². The van der Waals surface area contributed by atoms with E-state index in [1.54, 1.807) is 0 Å². The van der Waals surface area contributed by atoms with Gasteiger partial charge in [-0.15, -0.1) is 0 Å². The van der Waals surface area contributed by atoms with Crippen LogP contribution in [0.25, 0.3) is 0 Å². The van der Waals surface area contributed by atoms with Crippen LogP contribution in [-0.2, 0) is 0 Å². The first-order valence-electron chi connectivity index (χ1n) is 9.37. The van der Waals surface area contributed by atoms with E-state index in [-0.39, 0.29) is 11.5 Å². The molecule has 0 aliphatic heterocycles. The van der Waals surface area contributed by atoms with Gasteiger partial charge in [0.1, 0.15) is 0 Å². The molecular formula is C19H31NO2. The number of oxime groups is 1. The van der Waals surface area contributed by atoms with Crippen molar-refractivity contribution in [3.63, 3.8) is 0 Å². The van der Waals surface area contributed by atoms with Crippen LogP contribution in [0.1, 0.15) is 71.6 Å². The highest BCUT2D eigenvalue weighted by Crippen LogP contribution is 2.65. The Hall–Kier alpha value is -0.570. The Balaban J connectivity index is 1.62. The van der Waals surface area contributed by atoms with Crippen LogP contribution in [0.2, 0.25) is 0 Å². The minimum absolute atomic E-state index is 0.0662. The van der Waals surface area contributed by atoms with Gasteiger partial charge in [-0.25, -0.2) is 0 Å². The zero-order valence-corrected chi connectivity index (χ0v) is 14.1. The number of aliphatic hydroxyl groups excluding tert-OH is 1. The Labute approximate surface area is 134 Å². The molecule has 4 aliphatic rings. The molecule has 0 aromatic carbocycles. The number of nitrogens with zero attached hydrogens (tertiary/aromatic N) is 1. The molecule has 0 radical (unpaired) electrons. The van der Waals surface area contributed by atoms with Gasteiger partial charge in [-0.05, 0) is 92.3 Å². The lowest BCUT2D eigenvalue weighted by atomic mass is 9.45. The van der Waals surface area contributed by atoms with Gasteiger partial charge in [-0.2, -0.15) is 0 Å². The average Bonchev–Trinajstić information content (AvgIpc) is 2.82. The molecule has 0 aromatic heterocycles. The quantitative estimate of drug-likeness (QED) is 0.520. The second kappa shape index (κ2) is 4.96. The monoisotopic (exact) mass is 305 g/mol. The molecule has 1 unspecified atom stereocenters. The summed E-state index contributed by atoms with van der Waals surface area (Å²) >= 11 is 0. The van der Waals surface area contributed by atoms with Gasteiger partial charge in [0, 0.05) is 0 Å². The van der Waals surface area contributed by atoms with Crippen LogP contribution in [0.5, 0.6) is 0 Å². The topological polar surface area (TPSA) is 52.8 Å². The summed E-state index contributed by atoms with van der Waals surface area (Å²) in [6, 6.07) is 0. The first-order valence-corrected chi connectivity index (χ1v) is 9.37.